The fourth-order valence-electron chi connectivity index (χ4n) is 1.83. The van der Waals surface area contributed by atoms with E-state index in [4.69, 9.17) is 4.74 Å². The molecule has 0 spiro atoms. The molecule has 1 aromatic rings. The molecule has 2 aliphatic rings. The zero-order valence-electron chi connectivity index (χ0n) is 6.03. The third-order valence-electron chi connectivity index (χ3n) is 2.36. The number of rotatable bonds is 0. The van der Waals surface area contributed by atoms with Gasteiger partial charge in [0.15, 0.2) is 0 Å². The molecule has 1 heteroatoms. The van der Waals surface area contributed by atoms with Gasteiger partial charge in [0.2, 0.25) is 0 Å². The van der Waals surface area contributed by atoms with Crippen molar-refractivity contribution in [3.05, 3.63) is 47.5 Å². The average molecular weight is 144 g/mol. The average Bonchev–Trinajstić information content (AvgIpc) is 2.64. The van der Waals surface area contributed by atoms with E-state index in [1.54, 1.807) is 0 Å². The van der Waals surface area contributed by atoms with E-state index in [9.17, 15) is 0 Å². The minimum atomic E-state index is 0.246. The minimum Gasteiger partial charge on any atom is -0.357 e. The van der Waals surface area contributed by atoms with Crippen LogP contribution in [0.2, 0.25) is 0 Å². The molecule has 0 fully saturated rings. The van der Waals surface area contributed by atoms with Crippen LogP contribution >= 0.6 is 0 Å². The highest BCUT2D eigenvalue weighted by Gasteiger charge is 2.32. The summed E-state index contributed by atoms with van der Waals surface area (Å²) in [6.07, 6.45) is 4.76. The molecular weight excluding hydrogens is 136 g/mol. The topological polar surface area (TPSA) is 9.23 Å². The molecule has 0 aliphatic carbocycles. The molecule has 0 aromatic heterocycles. The molecule has 11 heavy (non-hydrogen) atoms. The molecule has 1 nitrogen and oxygen atoms in total. The zero-order chi connectivity index (χ0) is 7.26. The molecule has 54 valence electrons. The number of ether oxygens (including phenoxy) is 1. The van der Waals surface area contributed by atoms with Crippen molar-refractivity contribution in [3.63, 3.8) is 0 Å². The summed E-state index contributed by atoms with van der Waals surface area (Å²) in [4.78, 5) is 0. The first kappa shape index (κ1) is 5.56. The number of fused-ring (bicyclic) bond motifs is 5. The second kappa shape index (κ2) is 1.74. The van der Waals surface area contributed by atoms with Crippen molar-refractivity contribution in [2.45, 2.75) is 12.2 Å². The third kappa shape index (κ3) is 0.589. The standard InChI is InChI=1S/C10H8O/c1-2-4-8-7(3-1)9-5-6-10(8)11-9/h1-6,9-10H/t9-,10-/m0/s1. The number of hydrogen-bond donors (Lipinski definition) is 0. The molecular formula is C10H8O. The Morgan fingerprint density at radius 3 is 2.00 bits per heavy atom. The van der Waals surface area contributed by atoms with Crippen LogP contribution in [0.3, 0.4) is 0 Å². The van der Waals surface area contributed by atoms with Gasteiger partial charge in [-0.2, -0.15) is 0 Å². The van der Waals surface area contributed by atoms with Gasteiger partial charge in [0.25, 0.3) is 0 Å². The van der Waals surface area contributed by atoms with Crippen LogP contribution in [0.1, 0.15) is 23.3 Å². The lowest BCUT2D eigenvalue weighted by atomic mass is 9.97. The van der Waals surface area contributed by atoms with E-state index in [2.05, 4.69) is 36.4 Å². The molecule has 0 saturated carbocycles. The monoisotopic (exact) mass is 144 g/mol. The van der Waals surface area contributed by atoms with Gasteiger partial charge in [-0.1, -0.05) is 36.4 Å². The van der Waals surface area contributed by atoms with Crippen LogP contribution in [0, 0.1) is 0 Å². The van der Waals surface area contributed by atoms with E-state index in [0.717, 1.165) is 0 Å². The molecule has 2 atom stereocenters. The summed E-state index contributed by atoms with van der Waals surface area (Å²) in [5.74, 6) is 0. The number of hydrogen-bond acceptors (Lipinski definition) is 1. The second-order valence-electron chi connectivity index (χ2n) is 2.99. The first-order valence-electron chi connectivity index (χ1n) is 3.88. The molecule has 0 amide bonds. The van der Waals surface area contributed by atoms with Crippen molar-refractivity contribution >= 4 is 0 Å². The smallest absolute Gasteiger partial charge is 0.102 e. The van der Waals surface area contributed by atoms with E-state index in [0.29, 0.717) is 0 Å². The SMILES string of the molecule is C1=C[C@@H]2O[C@@H]1c1ccccc12. The van der Waals surface area contributed by atoms with Crippen LogP contribution in [0.25, 0.3) is 0 Å². The largest absolute Gasteiger partial charge is 0.357 e. The number of benzene rings is 1. The summed E-state index contributed by atoms with van der Waals surface area (Å²) in [6.45, 7) is 0. The first-order valence-corrected chi connectivity index (χ1v) is 3.88. The van der Waals surface area contributed by atoms with Crippen LogP contribution in [-0.4, -0.2) is 0 Å². The van der Waals surface area contributed by atoms with Gasteiger partial charge in [0.05, 0.1) is 0 Å². The van der Waals surface area contributed by atoms with Crippen molar-refractivity contribution in [1.29, 1.82) is 0 Å². The molecule has 0 N–H and O–H groups in total. The van der Waals surface area contributed by atoms with E-state index in [-0.39, 0.29) is 12.2 Å². The van der Waals surface area contributed by atoms with E-state index >= 15 is 0 Å². The lowest BCUT2D eigenvalue weighted by Gasteiger charge is -2.04. The van der Waals surface area contributed by atoms with Crippen LogP contribution in [0.4, 0.5) is 0 Å². The summed E-state index contributed by atoms with van der Waals surface area (Å²) < 4.78 is 5.63. The molecule has 2 heterocycles. The molecule has 2 bridgehead atoms. The summed E-state index contributed by atoms with van der Waals surface area (Å²) in [5.41, 5.74) is 2.69. The summed E-state index contributed by atoms with van der Waals surface area (Å²) in [7, 11) is 0. The van der Waals surface area contributed by atoms with Gasteiger partial charge in [-0.3, -0.25) is 0 Å². The fraction of sp³-hybridized carbons (Fsp3) is 0.200. The van der Waals surface area contributed by atoms with Crippen molar-refractivity contribution in [3.8, 4) is 0 Å². The quantitative estimate of drug-likeness (QED) is 0.508. The van der Waals surface area contributed by atoms with E-state index < -0.39 is 0 Å². The Kier molecular flexibility index (Phi) is 0.880. The van der Waals surface area contributed by atoms with Gasteiger partial charge in [0, 0.05) is 0 Å². The Hall–Kier alpha value is -1.08. The second-order valence-corrected chi connectivity index (χ2v) is 2.99. The van der Waals surface area contributed by atoms with Gasteiger partial charge in [-0.15, -0.1) is 0 Å². The molecule has 2 aliphatic heterocycles. The summed E-state index contributed by atoms with van der Waals surface area (Å²) >= 11 is 0. The Morgan fingerprint density at radius 2 is 1.45 bits per heavy atom. The van der Waals surface area contributed by atoms with Gasteiger partial charge >= 0.3 is 0 Å². The van der Waals surface area contributed by atoms with Crippen molar-refractivity contribution in [2.75, 3.05) is 0 Å². The van der Waals surface area contributed by atoms with E-state index in [1.807, 2.05) is 0 Å². The fourth-order valence-corrected chi connectivity index (χ4v) is 1.83. The predicted molar refractivity (Wildman–Crippen MR) is 42.1 cm³/mol. The van der Waals surface area contributed by atoms with Crippen LogP contribution in [0.15, 0.2) is 36.4 Å². The van der Waals surface area contributed by atoms with Crippen LogP contribution < -0.4 is 0 Å². The van der Waals surface area contributed by atoms with Gasteiger partial charge in [-0.25, -0.2) is 0 Å². The minimum absolute atomic E-state index is 0.246. The van der Waals surface area contributed by atoms with Gasteiger partial charge in [-0.05, 0) is 11.1 Å². The third-order valence-corrected chi connectivity index (χ3v) is 2.36. The first-order chi connectivity index (χ1) is 5.45. The Balaban J connectivity index is 2.28. The highest BCUT2D eigenvalue weighted by atomic mass is 16.5. The maximum atomic E-state index is 5.63. The van der Waals surface area contributed by atoms with E-state index in [1.165, 1.54) is 11.1 Å². The molecule has 1 aromatic carbocycles. The van der Waals surface area contributed by atoms with Gasteiger partial charge < -0.3 is 4.74 Å². The molecule has 0 unspecified atom stereocenters. The van der Waals surface area contributed by atoms with Crippen molar-refractivity contribution in [1.82, 2.24) is 0 Å². The van der Waals surface area contributed by atoms with Crippen molar-refractivity contribution < 1.29 is 4.74 Å². The maximum absolute atomic E-state index is 5.63. The lowest BCUT2D eigenvalue weighted by Crippen LogP contribution is -1.90. The normalized spacial score (nSPS) is 30.9. The maximum Gasteiger partial charge on any atom is 0.102 e. The molecule has 0 saturated heterocycles. The van der Waals surface area contributed by atoms with Crippen LogP contribution in [-0.2, 0) is 4.74 Å². The van der Waals surface area contributed by atoms with Gasteiger partial charge in [0.1, 0.15) is 12.2 Å². The highest BCUT2D eigenvalue weighted by molar-refractivity contribution is 5.42. The zero-order valence-corrected chi connectivity index (χ0v) is 6.03. The van der Waals surface area contributed by atoms with Crippen LogP contribution in [0.5, 0.6) is 0 Å². The summed E-state index contributed by atoms with van der Waals surface area (Å²) in [6, 6.07) is 8.42. The Labute approximate surface area is 65.3 Å². The predicted octanol–water partition coefficient (Wildman–Crippen LogP) is 2.37. The molecule has 0 radical (unpaired) electrons. The van der Waals surface area contributed by atoms with Crippen molar-refractivity contribution in [2.24, 2.45) is 0 Å². The highest BCUT2D eigenvalue weighted by Crippen LogP contribution is 2.45. The Morgan fingerprint density at radius 1 is 0.909 bits per heavy atom. The molecule has 3 rings (SSSR count). The lowest BCUT2D eigenvalue weighted by molar-refractivity contribution is 0.0878. The Bertz CT molecular complexity index is 296. The summed E-state index contributed by atoms with van der Waals surface area (Å²) in [5, 5.41) is 0.